The first kappa shape index (κ1) is 12.2. The Hall–Kier alpha value is -0.300. The van der Waals surface area contributed by atoms with Gasteiger partial charge >= 0.3 is 0 Å². The van der Waals surface area contributed by atoms with Crippen molar-refractivity contribution in [2.24, 2.45) is 11.8 Å². The normalized spacial score (nSPS) is 35.2. The summed E-state index contributed by atoms with van der Waals surface area (Å²) < 4.78 is 0. The van der Waals surface area contributed by atoms with Crippen LogP contribution in [0.5, 0.6) is 0 Å². The van der Waals surface area contributed by atoms with Crippen molar-refractivity contribution in [3.63, 3.8) is 0 Å². The van der Waals surface area contributed by atoms with Gasteiger partial charge in [-0.3, -0.25) is 0 Å². The Bertz CT molecular complexity index is 221. The standard InChI is InChI=1S/C15H27N/c1-2-3-6-11-16-15-10-9-13-7-4-5-8-14(13)12-15/h2-3,13-16H,4-12H2,1H3/b3-2+. The molecular formula is C15H27N. The number of allylic oxidation sites excluding steroid dienone is 1. The molecule has 2 aliphatic rings. The van der Waals surface area contributed by atoms with Gasteiger partial charge in [-0.15, -0.1) is 0 Å². The summed E-state index contributed by atoms with van der Waals surface area (Å²) in [7, 11) is 0. The minimum absolute atomic E-state index is 0.824. The van der Waals surface area contributed by atoms with Crippen LogP contribution >= 0.6 is 0 Å². The summed E-state index contributed by atoms with van der Waals surface area (Å²) in [5.74, 6) is 2.14. The summed E-state index contributed by atoms with van der Waals surface area (Å²) in [6.07, 6.45) is 16.0. The molecule has 0 saturated heterocycles. The maximum absolute atomic E-state index is 3.74. The topological polar surface area (TPSA) is 12.0 Å². The first-order valence-electron chi connectivity index (χ1n) is 7.24. The third kappa shape index (κ3) is 3.35. The molecule has 0 bridgehead atoms. The molecule has 2 fully saturated rings. The zero-order chi connectivity index (χ0) is 11.2. The van der Waals surface area contributed by atoms with Crippen molar-refractivity contribution in [1.82, 2.24) is 5.32 Å². The molecule has 0 radical (unpaired) electrons. The van der Waals surface area contributed by atoms with Gasteiger partial charge in [0.1, 0.15) is 0 Å². The van der Waals surface area contributed by atoms with Crippen LogP contribution in [0.25, 0.3) is 0 Å². The van der Waals surface area contributed by atoms with E-state index in [0.717, 1.165) is 17.9 Å². The molecule has 0 aromatic heterocycles. The molecule has 0 aliphatic heterocycles. The molecule has 1 N–H and O–H groups in total. The van der Waals surface area contributed by atoms with Crippen LogP contribution in [0.2, 0.25) is 0 Å². The summed E-state index contributed by atoms with van der Waals surface area (Å²) in [5, 5.41) is 3.74. The number of rotatable bonds is 4. The third-order valence-electron chi connectivity index (χ3n) is 4.52. The van der Waals surface area contributed by atoms with Crippen LogP contribution in [0.1, 0.15) is 58.3 Å². The van der Waals surface area contributed by atoms with Crippen molar-refractivity contribution in [2.45, 2.75) is 64.3 Å². The van der Waals surface area contributed by atoms with Gasteiger partial charge in [0.05, 0.1) is 0 Å². The molecule has 92 valence electrons. The summed E-state index contributed by atoms with van der Waals surface area (Å²) in [6, 6.07) is 0.824. The number of hydrogen-bond donors (Lipinski definition) is 1. The van der Waals surface area contributed by atoms with Gasteiger partial charge in [-0.1, -0.05) is 37.8 Å². The van der Waals surface area contributed by atoms with E-state index in [1.807, 2.05) is 0 Å². The highest BCUT2D eigenvalue weighted by molar-refractivity contribution is 4.87. The Balaban J connectivity index is 1.68. The largest absolute Gasteiger partial charge is 0.314 e. The zero-order valence-corrected chi connectivity index (χ0v) is 10.8. The second-order valence-corrected chi connectivity index (χ2v) is 5.63. The van der Waals surface area contributed by atoms with Crippen molar-refractivity contribution in [1.29, 1.82) is 0 Å². The van der Waals surface area contributed by atoms with E-state index in [1.54, 1.807) is 0 Å². The lowest BCUT2D eigenvalue weighted by Crippen LogP contribution is -2.39. The van der Waals surface area contributed by atoms with Crippen LogP contribution in [0.15, 0.2) is 12.2 Å². The summed E-state index contributed by atoms with van der Waals surface area (Å²) in [5.41, 5.74) is 0. The number of nitrogens with one attached hydrogen (secondary N) is 1. The Labute approximate surface area is 101 Å². The van der Waals surface area contributed by atoms with Crippen LogP contribution < -0.4 is 5.32 Å². The van der Waals surface area contributed by atoms with Gasteiger partial charge in [0.25, 0.3) is 0 Å². The molecule has 2 saturated carbocycles. The molecule has 0 amide bonds. The second kappa shape index (κ2) is 6.44. The van der Waals surface area contributed by atoms with Gasteiger partial charge in [0.15, 0.2) is 0 Å². The van der Waals surface area contributed by atoms with Gasteiger partial charge in [-0.2, -0.15) is 0 Å². The summed E-state index contributed by atoms with van der Waals surface area (Å²) in [4.78, 5) is 0. The predicted octanol–water partition coefficient (Wildman–Crippen LogP) is 3.90. The maximum Gasteiger partial charge on any atom is 0.00700 e. The van der Waals surface area contributed by atoms with Gasteiger partial charge in [0, 0.05) is 6.04 Å². The lowest BCUT2D eigenvalue weighted by atomic mass is 9.69. The fraction of sp³-hybridized carbons (Fsp3) is 0.867. The molecule has 3 unspecified atom stereocenters. The van der Waals surface area contributed by atoms with Gasteiger partial charge < -0.3 is 5.32 Å². The smallest absolute Gasteiger partial charge is 0.00700 e. The van der Waals surface area contributed by atoms with E-state index in [9.17, 15) is 0 Å². The molecule has 0 aromatic carbocycles. The molecule has 0 spiro atoms. The Kier molecular flexibility index (Phi) is 4.90. The Morgan fingerprint density at radius 3 is 2.69 bits per heavy atom. The molecule has 3 atom stereocenters. The Morgan fingerprint density at radius 1 is 1.06 bits per heavy atom. The van der Waals surface area contributed by atoms with Crippen LogP contribution in [0, 0.1) is 11.8 Å². The first-order valence-corrected chi connectivity index (χ1v) is 7.24. The lowest BCUT2D eigenvalue weighted by molar-refractivity contribution is 0.144. The monoisotopic (exact) mass is 221 g/mol. The van der Waals surface area contributed by atoms with E-state index >= 15 is 0 Å². The van der Waals surface area contributed by atoms with Crippen LogP contribution in [-0.2, 0) is 0 Å². The average molecular weight is 221 g/mol. The SMILES string of the molecule is C/C=C/CCNC1CCC2CCCCC2C1. The highest BCUT2D eigenvalue weighted by atomic mass is 14.9. The summed E-state index contributed by atoms with van der Waals surface area (Å²) >= 11 is 0. The van der Waals surface area contributed by atoms with Gasteiger partial charge in [-0.25, -0.2) is 0 Å². The fourth-order valence-corrected chi connectivity index (χ4v) is 3.60. The highest BCUT2D eigenvalue weighted by Crippen LogP contribution is 2.40. The van der Waals surface area contributed by atoms with E-state index in [2.05, 4.69) is 24.4 Å². The highest BCUT2D eigenvalue weighted by Gasteiger charge is 2.31. The van der Waals surface area contributed by atoms with E-state index < -0.39 is 0 Å². The van der Waals surface area contributed by atoms with Crippen LogP contribution in [0.4, 0.5) is 0 Å². The average Bonchev–Trinajstić information content (AvgIpc) is 2.34. The van der Waals surface area contributed by atoms with Crippen LogP contribution in [-0.4, -0.2) is 12.6 Å². The van der Waals surface area contributed by atoms with Crippen molar-refractivity contribution in [3.8, 4) is 0 Å². The van der Waals surface area contributed by atoms with Crippen molar-refractivity contribution in [3.05, 3.63) is 12.2 Å². The van der Waals surface area contributed by atoms with Gasteiger partial charge in [-0.05, 0) is 51.0 Å². The second-order valence-electron chi connectivity index (χ2n) is 5.63. The van der Waals surface area contributed by atoms with Crippen LogP contribution in [0.3, 0.4) is 0 Å². The molecule has 0 heterocycles. The molecule has 2 rings (SSSR count). The molecular weight excluding hydrogens is 194 g/mol. The molecule has 2 aliphatic carbocycles. The molecule has 16 heavy (non-hydrogen) atoms. The van der Waals surface area contributed by atoms with Gasteiger partial charge in [0.2, 0.25) is 0 Å². The summed E-state index contributed by atoms with van der Waals surface area (Å²) in [6.45, 7) is 3.28. The number of fused-ring (bicyclic) bond motifs is 1. The molecule has 1 nitrogen and oxygen atoms in total. The van der Waals surface area contributed by atoms with E-state index in [1.165, 1.54) is 57.9 Å². The molecule has 0 aromatic rings. The third-order valence-corrected chi connectivity index (χ3v) is 4.52. The lowest BCUT2D eigenvalue weighted by Gasteiger charge is -2.39. The Morgan fingerprint density at radius 2 is 1.88 bits per heavy atom. The van der Waals surface area contributed by atoms with Crippen molar-refractivity contribution in [2.75, 3.05) is 6.54 Å². The van der Waals surface area contributed by atoms with E-state index in [-0.39, 0.29) is 0 Å². The predicted molar refractivity (Wildman–Crippen MR) is 70.5 cm³/mol. The number of hydrogen-bond acceptors (Lipinski definition) is 1. The minimum atomic E-state index is 0.824. The first-order chi connectivity index (χ1) is 7.90. The quantitative estimate of drug-likeness (QED) is 0.561. The van der Waals surface area contributed by atoms with E-state index in [0.29, 0.717) is 0 Å². The fourth-order valence-electron chi connectivity index (χ4n) is 3.60. The zero-order valence-electron chi connectivity index (χ0n) is 10.8. The van der Waals surface area contributed by atoms with Crippen molar-refractivity contribution < 1.29 is 0 Å². The van der Waals surface area contributed by atoms with Crippen molar-refractivity contribution >= 4 is 0 Å². The minimum Gasteiger partial charge on any atom is -0.314 e. The van der Waals surface area contributed by atoms with E-state index in [4.69, 9.17) is 0 Å². The molecule has 1 heteroatoms. The maximum atomic E-state index is 3.74.